The van der Waals surface area contributed by atoms with E-state index in [-0.39, 0.29) is 11.5 Å². The van der Waals surface area contributed by atoms with E-state index >= 15 is 0 Å². The molecule has 3 aromatic rings. The van der Waals surface area contributed by atoms with Crippen molar-refractivity contribution >= 4 is 9.84 Å². The normalized spacial score (nSPS) is 11.3. The van der Waals surface area contributed by atoms with Crippen LogP contribution in [0.3, 0.4) is 0 Å². The molecule has 0 N–H and O–H groups in total. The molecule has 0 aliphatic carbocycles. The third-order valence-electron chi connectivity index (χ3n) is 3.21. The summed E-state index contributed by atoms with van der Waals surface area (Å²) in [5.41, 5.74) is 1.56. The summed E-state index contributed by atoms with van der Waals surface area (Å²) in [6.45, 7) is 0.245. The smallest absolute Gasteiger partial charge is 0.226 e. The minimum atomic E-state index is -3.20. The SMILES string of the molecule is CS(=O)(=O)c1ccc(OCc2coc(-c3ccccc3)n2)cc1. The van der Waals surface area contributed by atoms with Gasteiger partial charge < -0.3 is 9.15 Å². The summed E-state index contributed by atoms with van der Waals surface area (Å²) in [5, 5.41) is 0. The third kappa shape index (κ3) is 3.78. The van der Waals surface area contributed by atoms with Gasteiger partial charge in [0.2, 0.25) is 5.89 Å². The van der Waals surface area contributed by atoms with E-state index in [4.69, 9.17) is 9.15 Å². The molecule has 5 nitrogen and oxygen atoms in total. The summed E-state index contributed by atoms with van der Waals surface area (Å²) in [7, 11) is -3.20. The average Bonchev–Trinajstić information content (AvgIpc) is 3.02. The molecule has 0 bridgehead atoms. The van der Waals surface area contributed by atoms with E-state index in [0.717, 1.165) is 5.56 Å². The minimum Gasteiger partial charge on any atom is -0.487 e. The first-order valence-electron chi connectivity index (χ1n) is 6.95. The van der Waals surface area contributed by atoms with Crippen LogP contribution in [0.1, 0.15) is 5.69 Å². The Hall–Kier alpha value is -2.60. The van der Waals surface area contributed by atoms with Crippen molar-refractivity contribution < 1.29 is 17.6 Å². The number of benzene rings is 2. The van der Waals surface area contributed by atoms with Crippen molar-refractivity contribution in [2.24, 2.45) is 0 Å². The predicted octanol–water partition coefficient (Wildman–Crippen LogP) is 3.32. The molecule has 23 heavy (non-hydrogen) atoms. The first-order chi connectivity index (χ1) is 11.0. The predicted molar refractivity (Wildman–Crippen MR) is 85.8 cm³/mol. The molecular formula is C17H15NO4S. The summed E-state index contributed by atoms with van der Waals surface area (Å²) in [4.78, 5) is 4.63. The molecule has 0 atom stereocenters. The lowest BCUT2D eigenvalue weighted by molar-refractivity contribution is 0.301. The molecule has 6 heteroatoms. The van der Waals surface area contributed by atoms with E-state index in [1.54, 1.807) is 18.4 Å². The topological polar surface area (TPSA) is 69.4 Å². The van der Waals surface area contributed by atoms with E-state index in [0.29, 0.717) is 17.3 Å². The zero-order valence-electron chi connectivity index (χ0n) is 12.5. The van der Waals surface area contributed by atoms with Crippen LogP contribution in [-0.2, 0) is 16.4 Å². The third-order valence-corrected chi connectivity index (χ3v) is 4.34. The molecule has 3 rings (SSSR count). The van der Waals surface area contributed by atoms with Gasteiger partial charge in [0, 0.05) is 11.8 Å². The highest BCUT2D eigenvalue weighted by Gasteiger charge is 2.08. The Morgan fingerprint density at radius 2 is 1.74 bits per heavy atom. The summed E-state index contributed by atoms with van der Waals surface area (Å²) >= 11 is 0. The zero-order chi connectivity index (χ0) is 16.3. The quantitative estimate of drug-likeness (QED) is 0.718. The van der Waals surface area contributed by atoms with E-state index in [1.807, 2.05) is 30.3 Å². The first-order valence-corrected chi connectivity index (χ1v) is 8.84. The fraction of sp³-hybridized carbons (Fsp3) is 0.118. The van der Waals surface area contributed by atoms with Crippen LogP contribution in [0.2, 0.25) is 0 Å². The maximum atomic E-state index is 11.4. The van der Waals surface area contributed by atoms with Crippen molar-refractivity contribution in [2.75, 3.05) is 6.26 Å². The summed E-state index contributed by atoms with van der Waals surface area (Å²) in [5.74, 6) is 1.11. The minimum absolute atomic E-state index is 0.245. The number of ether oxygens (including phenoxy) is 1. The van der Waals surface area contributed by atoms with Crippen LogP contribution in [0.4, 0.5) is 0 Å². The maximum Gasteiger partial charge on any atom is 0.226 e. The maximum absolute atomic E-state index is 11.4. The molecule has 1 aromatic heterocycles. The molecule has 1 heterocycles. The second kappa shape index (κ2) is 6.26. The van der Waals surface area contributed by atoms with Gasteiger partial charge in [0.25, 0.3) is 0 Å². The number of aromatic nitrogens is 1. The van der Waals surface area contributed by atoms with Gasteiger partial charge in [-0.2, -0.15) is 0 Å². The van der Waals surface area contributed by atoms with Crippen molar-refractivity contribution in [3.8, 4) is 17.2 Å². The van der Waals surface area contributed by atoms with Gasteiger partial charge in [-0.15, -0.1) is 0 Å². The van der Waals surface area contributed by atoms with Crippen molar-refractivity contribution in [1.29, 1.82) is 0 Å². The van der Waals surface area contributed by atoms with Crippen LogP contribution < -0.4 is 4.74 Å². The molecule has 0 radical (unpaired) electrons. The average molecular weight is 329 g/mol. The highest BCUT2D eigenvalue weighted by atomic mass is 32.2. The molecule has 0 unspecified atom stereocenters. The van der Waals surface area contributed by atoms with Gasteiger partial charge in [-0.3, -0.25) is 0 Å². The van der Waals surface area contributed by atoms with E-state index < -0.39 is 9.84 Å². The molecule has 0 saturated carbocycles. The van der Waals surface area contributed by atoms with Gasteiger partial charge in [-0.05, 0) is 36.4 Å². The van der Waals surface area contributed by atoms with Crippen LogP contribution in [0.25, 0.3) is 11.5 Å². The van der Waals surface area contributed by atoms with Gasteiger partial charge in [0.05, 0.1) is 4.90 Å². The van der Waals surface area contributed by atoms with Crippen molar-refractivity contribution in [3.63, 3.8) is 0 Å². The zero-order valence-corrected chi connectivity index (χ0v) is 13.3. The van der Waals surface area contributed by atoms with E-state index in [2.05, 4.69) is 4.98 Å². The number of rotatable bonds is 5. The van der Waals surface area contributed by atoms with E-state index in [1.165, 1.54) is 18.4 Å². The molecule has 0 amide bonds. The Kier molecular flexibility index (Phi) is 4.16. The van der Waals surface area contributed by atoms with Gasteiger partial charge in [-0.1, -0.05) is 18.2 Å². The molecule has 0 fully saturated rings. The van der Waals surface area contributed by atoms with Crippen molar-refractivity contribution in [1.82, 2.24) is 4.98 Å². The summed E-state index contributed by atoms with van der Waals surface area (Å²) < 4.78 is 33.8. The van der Waals surface area contributed by atoms with Crippen LogP contribution in [0.15, 0.2) is 70.2 Å². The summed E-state index contributed by atoms with van der Waals surface area (Å²) in [6, 6.07) is 15.9. The molecule has 118 valence electrons. The lowest BCUT2D eigenvalue weighted by Crippen LogP contribution is -1.98. The standard InChI is InChI=1S/C17H15NO4S/c1-23(19,20)16-9-7-15(8-10-16)21-11-14-12-22-17(18-14)13-5-3-2-4-6-13/h2-10,12H,11H2,1H3. The monoisotopic (exact) mass is 329 g/mol. The Morgan fingerprint density at radius 1 is 1.04 bits per heavy atom. The molecule has 0 aliphatic rings. The molecule has 0 spiro atoms. The molecule has 2 aromatic carbocycles. The Bertz CT molecular complexity index is 884. The lowest BCUT2D eigenvalue weighted by atomic mass is 10.2. The van der Waals surface area contributed by atoms with Crippen LogP contribution in [-0.4, -0.2) is 19.7 Å². The van der Waals surface area contributed by atoms with Gasteiger partial charge >= 0.3 is 0 Å². The van der Waals surface area contributed by atoms with Crippen LogP contribution in [0.5, 0.6) is 5.75 Å². The number of nitrogens with zero attached hydrogens (tertiary/aromatic N) is 1. The fourth-order valence-electron chi connectivity index (χ4n) is 2.03. The van der Waals surface area contributed by atoms with Gasteiger partial charge in [0.15, 0.2) is 9.84 Å². The van der Waals surface area contributed by atoms with Crippen molar-refractivity contribution in [3.05, 3.63) is 66.6 Å². The number of hydrogen-bond donors (Lipinski definition) is 0. The van der Waals surface area contributed by atoms with E-state index in [9.17, 15) is 8.42 Å². The molecule has 0 aliphatic heterocycles. The molecule has 0 saturated heterocycles. The van der Waals surface area contributed by atoms with Crippen molar-refractivity contribution in [2.45, 2.75) is 11.5 Å². The Morgan fingerprint density at radius 3 is 2.39 bits per heavy atom. The van der Waals surface area contributed by atoms with Crippen LogP contribution >= 0.6 is 0 Å². The number of oxazole rings is 1. The number of hydrogen-bond acceptors (Lipinski definition) is 5. The Balaban J connectivity index is 1.66. The fourth-order valence-corrected chi connectivity index (χ4v) is 2.66. The number of sulfone groups is 1. The van der Waals surface area contributed by atoms with Gasteiger partial charge in [-0.25, -0.2) is 13.4 Å². The second-order valence-corrected chi connectivity index (χ2v) is 7.06. The highest BCUT2D eigenvalue weighted by molar-refractivity contribution is 7.90. The molecular weight excluding hydrogens is 314 g/mol. The highest BCUT2D eigenvalue weighted by Crippen LogP contribution is 2.20. The summed E-state index contributed by atoms with van der Waals surface area (Å²) in [6.07, 6.45) is 2.72. The first kappa shape index (κ1) is 15.3. The van der Waals surface area contributed by atoms with Gasteiger partial charge in [0.1, 0.15) is 24.3 Å². The largest absolute Gasteiger partial charge is 0.487 e. The lowest BCUT2D eigenvalue weighted by Gasteiger charge is -2.04. The van der Waals surface area contributed by atoms with Crippen LogP contribution in [0, 0.1) is 0 Å². The Labute approximate surface area is 134 Å². The second-order valence-electron chi connectivity index (χ2n) is 5.04.